The average Bonchev–Trinajstić information content (AvgIpc) is 2.57. The molecule has 0 aromatic heterocycles. The summed E-state index contributed by atoms with van der Waals surface area (Å²) in [6.07, 6.45) is 14.1. The molecule has 0 atom stereocenters. The molecule has 0 unspecified atom stereocenters. The first-order valence-corrected chi connectivity index (χ1v) is 10.3. The van der Waals surface area contributed by atoms with Gasteiger partial charge in [-0.15, -0.1) is 11.8 Å². The number of hydrogen-bond donors (Lipinski definition) is 1. The van der Waals surface area contributed by atoms with Gasteiger partial charge in [0.2, 0.25) is 0 Å². The fraction of sp³-hybridized carbons (Fsp3) is 0.524. The molecule has 2 heteroatoms. The molecule has 0 heterocycles. The van der Waals surface area contributed by atoms with Crippen LogP contribution in [0.2, 0.25) is 0 Å². The zero-order valence-electron chi connectivity index (χ0n) is 14.6. The van der Waals surface area contributed by atoms with E-state index in [0.717, 1.165) is 11.3 Å². The van der Waals surface area contributed by atoms with Crippen molar-refractivity contribution in [2.45, 2.75) is 69.6 Å². The van der Waals surface area contributed by atoms with Gasteiger partial charge >= 0.3 is 0 Å². The van der Waals surface area contributed by atoms with Crippen LogP contribution in [0, 0.1) is 0 Å². The van der Waals surface area contributed by atoms with Crippen LogP contribution < -0.4 is 0 Å². The largest absolute Gasteiger partial charge is 0.507 e. The Morgan fingerprint density at radius 2 is 1.52 bits per heavy atom. The van der Waals surface area contributed by atoms with Gasteiger partial charge in [-0.1, -0.05) is 70.1 Å². The lowest BCUT2D eigenvalue weighted by Crippen LogP contribution is -1.88. The first kappa shape index (κ1) is 18.2. The van der Waals surface area contributed by atoms with Gasteiger partial charge in [-0.3, -0.25) is 0 Å². The maximum atomic E-state index is 10.0. The summed E-state index contributed by atoms with van der Waals surface area (Å²) in [6.45, 7) is 2.27. The second-order valence-corrected chi connectivity index (χ2v) is 7.21. The van der Waals surface area contributed by atoms with Crippen molar-refractivity contribution in [3.63, 3.8) is 0 Å². The van der Waals surface area contributed by atoms with Gasteiger partial charge in [-0.05, 0) is 47.6 Å². The van der Waals surface area contributed by atoms with Gasteiger partial charge in [0.1, 0.15) is 5.75 Å². The Morgan fingerprint density at radius 1 is 0.870 bits per heavy atom. The summed E-state index contributed by atoms with van der Waals surface area (Å²) in [6, 6.07) is 10.5. The standard InChI is InChI=1S/C21H30OS/c1-3-4-5-6-7-8-9-10-11-17-12-13-18-14-15-20(22)21(23-2)19(18)16-17/h12-16,22H,3-11H2,1-2H3. The molecule has 0 aliphatic carbocycles. The number of hydrogen-bond acceptors (Lipinski definition) is 2. The van der Waals surface area contributed by atoms with Crippen LogP contribution in [0.15, 0.2) is 35.2 Å². The molecule has 0 aliphatic heterocycles. The molecular formula is C21H30OS. The fourth-order valence-electron chi connectivity index (χ4n) is 3.16. The Morgan fingerprint density at radius 3 is 2.22 bits per heavy atom. The molecule has 0 radical (unpaired) electrons. The summed E-state index contributed by atoms with van der Waals surface area (Å²) in [5, 5.41) is 12.4. The van der Waals surface area contributed by atoms with Crippen molar-refractivity contribution in [1.29, 1.82) is 0 Å². The van der Waals surface area contributed by atoms with Crippen LogP contribution in [-0.4, -0.2) is 11.4 Å². The second kappa shape index (κ2) is 9.87. The van der Waals surface area contributed by atoms with E-state index in [1.807, 2.05) is 12.3 Å². The van der Waals surface area contributed by atoms with E-state index < -0.39 is 0 Å². The summed E-state index contributed by atoms with van der Waals surface area (Å²) in [7, 11) is 0. The molecule has 126 valence electrons. The number of thioether (sulfide) groups is 1. The lowest BCUT2D eigenvalue weighted by atomic mass is 10.0. The zero-order valence-corrected chi connectivity index (χ0v) is 15.4. The molecule has 2 rings (SSSR count). The van der Waals surface area contributed by atoms with Gasteiger partial charge < -0.3 is 5.11 Å². The first-order valence-electron chi connectivity index (χ1n) is 9.05. The lowest BCUT2D eigenvalue weighted by Gasteiger charge is -2.09. The minimum Gasteiger partial charge on any atom is -0.507 e. The molecule has 0 saturated carbocycles. The highest BCUT2D eigenvalue weighted by Crippen LogP contribution is 2.35. The molecular weight excluding hydrogens is 300 g/mol. The molecule has 0 spiro atoms. The highest BCUT2D eigenvalue weighted by molar-refractivity contribution is 7.99. The van der Waals surface area contributed by atoms with E-state index in [4.69, 9.17) is 0 Å². The predicted molar refractivity (Wildman–Crippen MR) is 104 cm³/mol. The van der Waals surface area contributed by atoms with Gasteiger partial charge in [0.15, 0.2) is 0 Å². The number of aromatic hydroxyl groups is 1. The maximum absolute atomic E-state index is 10.0. The van der Waals surface area contributed by atoms with E-state index in [-0.39, 0.29) is 0 Å². The van der Waals surface area contributed by atoms with Gasteiger partial charge in [0, 0.05) is 0 Å². The van der Waals surface area contributed by atoms with Crippen LogP contribution >= 0.6 is 11.8 Å². The van der Waals surface area contributed by atoms with Crippen molar-refractivity contribution in [3.8, 4) is 5.75 Å². The Bertz CT molecular complexity index is 606. The Labute approximate surface area is 145 Å². The van der Waals surface area contributed by atoms with Crippen molar-refractivity contribution in [1.82, 2.24) is 0 Å². The minimum absolute atomic E-state index is 0.397. The lowest BCUT2D eigenvalue weighted by molar-refractivity contribution is 0.464. The third-order valence-corrected chi connectivity index (χ3v) is 5.38. The summed E-state index contributed by atoms with van der Waals surface area (Å²) >= 11 is 1.62. The van der Waals surface area contributed by atoms with Crippen molar-refractivity contribution in [2.24, 2.45) is 0 Å². The van der Waals surface area contributed by atoms with Crippen LogP contribution in [0.1, 0.15) is 63.9 Å². The minimum atomic E-state index is 0.397. The smallest absolute Gasteiger partial charge is 0.129 e. The van der Waals surface area contributed by atoms with Crippen LogP contribution in [0.3, 0.4) is 0 Å². The van der Waals surface area contributed by atoms with Gasteiger partial charge in [-0.2, -0.15) is 0 Å². The topological polar surface area (TPSA) is 20.2 Å². The highest BCUT2D eigenvalue weighted by Gasteiger charge is 2.06. The molecule has 1 N–H and O–H groups in total. The molecule has 1 nitrogen and oxygen atoms in total. The summed E-state index contributed by atoms with van der Waals surface area (Å²) in [5.74, 6) is 0.397. The number of aryl methyl sites for hydroxylation is 1. The number of phenolic OH excluding ortho intramolecular Hbond substituents is 1. The van der Waals surface area contributed by atoms with Gasteiger partial charge in [-0.25, -0.2) is 0 Å². The third-order valence-electron chi connectivity index (χ3n) is 4.54. The van der Waals surface area contributed by atoms with Crippen LogP contribution in [-0.2, 0) is 6.42 Å². The molecule has 0 fully saturated rings. The Hall–Kier alpha value is -1.15. The normalized spacial score (nSPS) is 11.2. The quantitative estimate of drug-likeness (QED) is 0.375. The molecule has 0 bridgehead atoms. The summed E-state index contributed by atoms with van der Waals surface area (Å²) in [4.78, 5) is 1.00. The fourth-order valence-corrected chi connectivity index (χ4v) is 3.83. The first-order chi connectivity index (χ1) is 11.3. The number of fused-ring (bicyclic) bond motifs is 1. The number of phenols is 1. The molecule has 2 aromatic rings. The van der Waals surface area contributed by atoms with E-state index >= 15 is 0 Å². The van der Waals surface area contributed by atoms with Crippen molar-refractivity contribution in [3.05, 3.63) is 35.9 Å². The highest BCUT2D eigenvalue weighted by atomic mass is 32.2. The average molecular weight is 331 g/mol. The summed E-state index contributed by atoms with van der Waals surface area (Å²) < 4.78 is 0. The number of unbranched alkanes of at least 4 members (excludes halogenated alkanes) is 7. The molecule has 0 saturated heterocycles. The van der Waals surface area contributed by atoms with E-state index in [1.54, 1.807) is 17.8 Å². The van der Waals surface area contributed by atoms with E-state index in [2.05, 4.69) is 25.1 Å². The third kappa shape index (κ3) is 5.46. The molecule has 23 heavy (non-hydrogen) atoms. The monoisotopic (exact) mass is 330 g/mol. The van der Waals surface area contributed by atoms with Crippen molar-refractivity contribution < 1.29 is 5.11 Å². The SMILES string of the molecule is CCCCCCCCCCc1ccc2ccc(O)c(SC)c2c1. The molecule has 0 amide bonds. The van der Waals surface area contributed by atoms with E-state index in [1.165, 1.54) is 67.7 Å². The van der Waals surface area contributed by atoms with E-state index in [0.29, 0.717) is 5.75 Å². The summed E-state index contributed by atoms with van der Waals surface area (Å²) in [5.41, 5.74) is 1.39. The van der Waals surface area contributed by atoms with Crippen molar-refractivity contribution >= 4 is 22.5 Å². The molecule has 2 aromatic carbocycles. The Balaban J connectivity index is 1.84. The number of benzene rings is 2. The van der Waals surface area contributed by atoms with Gasteiger partial charge in [0.05, 0.1) is 4.90 Å². The van der Waals surface area contributed by atoms with Crippen molar-refractivity contribution in [2.75, 3.05) is 6.26 Å². The maximum Gasteiger partial charge on any atom is 0.129 e. The van der Waals surface area contributed by atoms with E-state index in [9.17, 15) is 5.11 Å². The number of rotatable bonds is 10. The van der Waals surface area contributed by atoms with Crippen LogP contribution in [0.25, 0.3) is 10.8 Å². The van der Waals surface area contributed by atoms with Crippen LogP contribution in [0.5, 0.6) is 5.75 Å². The van der Waals surface area contributed by atoms with Crippen LogP contribution in [0.4, 0.5) is 0 Å². The zero-order chi connectivity index (χ0) is 16.5. The van der Waals surface area contributed by atoms with Gasteiger partial charge in [0.25, 0.3) is 0 Å². The second-order valence-electron chi connectivity index (χ2n) is 6.40. The Kier molecular flexibility index (Phi) is 7.81. The predicted octanol–water partition coefficient (Wildman–Crippen LogP) is 6.95. The molecule has 0 aliphatic rings.